The van der Waals surface area contributed by atoms with Crippen molar-refractivity contribution in [3.63, 3.8) is 0 Å². The number of carboxylic acids is 1. The number of hydrogen-bond donors (Lipinski definition) is 2. The first-order valence-electron chi connectivity index (χ1n) is 11.0. The molecule has 1 aliphatic carbocycles. The first-order valence-corrected chi connectivity index (χ1v) is 11.8. The number of aliphatic carboxylic acids is 1. The van der Waals surface area contributed by atoms with Crippen LogP contribution < -0.4 is 5.32 Å². The Hall–Kier alpha value is -4.03. The monoisotopic (exact) mass is 534 g/mol. The van der Waals surface area contributed by atoms with Gasteiger partial charge in [-0.15, -0.1) is 0 Å². The van der Waals surface area contributed by atoms with E-state index in [1.54, 1.807) is 12.1 Å². The van der Waals surface area contributed by atoms with E-state index in [9.17, 15) is 24.3 Å². The molecule has 1 heterocycles. The lowest BCUT2D eigenvalue weighted by atomic mass is 9.75. The summed E-state index contributed by atoms with van der Waals surface area (Å²) in [5, 5.41) is 22.3. The molecule has 0 radical (unpaired) electrons. The number of halogens is 2. The molecular formula is C27H16Cl2N2O6. The van der Waals surface area contributed by atoms with E-state index >= 15 is 0 Å². The van der Waals surface area contributed by atoms with Crippen LogP contribution in [0.15, 0.2) is 66.7 Å². The number of ketones is 2. The Morgan fingerprint density at radius 2 is 1.57 bits per heavy atom. The molecule has 1 saturated heterocycles. The number of anilines is 1. The number of nitrogens with one attached hydrogen (secondary N) is 1. The van der Waals surface area contributed by atoms with Crippen LogP contribution in [0.5, 0.6) is 0 Å². The average Bonchev–Trinajstić information content (AvgIpc) is 3.36. The molecule has 0 aromatic heterocycles. The number of ether oxygens (including phenoxy) is 1. The normalized spacial score (nSPS) is 21.5. The van der Waals surface area contributed by atoms with Crippen molar-refractivity contribution >= 4 is 52.3 Å². The summed E-state index contributed by atoms with van der Waals surface area (Å²) in [6.45, 7) is 0. The van der Waals surface area contributed by atoms with E-state index in [0.717, 1.165) is 0 Å². The van der Waals surface area contributed by atoms with Gasteiger partial charge in [0.15, 0.2) is 0 Å². The lowest BCUT2D eigenvalue weighted by Gasteiger charge is -2.25. The highest BCUT2D eigenvalue weighted by Crippen LogP contribution is 2.54. The number of Topliss-reactive ketones (excluding diaryl/α,β-unsaturated/α-hetero) is 2. The number of fused-ring (bicyclic) bond motifs is 1. The van der Waals surface area contributed by atoms with Crippen molar-refractivity contribution < 1.29 is 29.0 Å². The van der Waals surface area contributed by atoms with Crippen molar-refractivity contribution in [1.29, 1.82) is 5.26 Å². The van der Waals surface area contributed by atoms with Crippen molar-refractivity contribution in [2.75, 3.05) is 5.32 Å². The van der Waals surface area contributed by atoms with Crippen LogP contribution in [-0.4, -0.2) is 34.2 Å². The van der Waals surface area contributed by atoms with Crippen LogP contribution in [0.1, 0.15) is 37.9 Å². The maximum atomic E-state index is 13.6. The van der Waals surface area contributed by atoms with Crippen LogP contribution in [0.2, 0.25) is 10.0 Å². The second-order valence-corrected chi connectivity index (χ2v) is 9.49. The Balaban J connectivity index is 1.65. The van der Waals surface area contributed by atoms with Crippen molar-refractivity contribution in [3.8, 4) is 6.07 Å². The number of hydrogen-bond acceptors (Lipinski definition) is 6. The molecule has 1 aliphatic heterocycles. The minimum absolute atomic E-state index is 0.0276. The summed E-state index contributed by atoms with van der Waals surface area (Å²) < 4.78 is 6.09. The molecule has 0 bridgehead atoms. The number of carbonyl (C=O) groups excluding carboxylic acids is 3. The summed E-state index contributed by atoms with van der Waals surface area (Å²) in [4.78, 5) is 53.6. The van der Waals surface area contributed by atoms with Crippen LogP contribution in [0, 0.1) is 23.2 Å². The third kappa shape index (κ3) is 3.80. The first kappa shape index (κ1) is 24.7. The Morgan fingerprint density at radius 3 is 2.11 bits per heavy atom. The fraction of sp³-hybridized carbons (Fsp3) is 0.148. The molecule has 1 fully saturated rings. The standard InChI is InChI=1S/C27H16Cl2N2O6/c28-18-10-7-14(11-19(18)29)22-20(25(34)31-15-8-5-13(12-30)6-9-15)21(26(35)36)27(37-22)23(32)16-3-1-2-4-17(16)24(27)33/h1-11,20-22H,(H,31,34)(H,35,36). The van der Waals surface area contributed by atoms with Crippen LogP contribution >= 0.6 is 23.2 Å². The van der Waals surface area contributed by atoms with Gasteiger partial charge in [0.1, 0.15) is 5.92 Å². The van der Waals surface area contributed by atoms with Crippen molar-refractivity contribution in [3.05, 3.63) is 99.0 Å². The van der Waals surface area contributed by atoms with Crippen LogP contribution in [0.25, 0.3) is 0 Å². The predicted octanol–water partition coefficient (Wildman–Crippen LogP) is 4.71. The molecule has 3 aromatic rings. The predicted molar refractivity (Wildman–Crippen MR) is 133 cm³/mol. The largest absolute Gasteiger partial charge is 0.481 e. The molecule has 184 valence electrons. The molecule has 1 amide bonds. The highest BCUT2D eigenvalue weighted by Gasteiger charge is 2.71. The summed E-state index contributed by atoms with van der Waals surface area (Å²) in [5.74, 6) is -7.33. The van der Waals surface area contributed by atoms with Gasteiger partial charge < -0.3 is 15.2 Å². The Labute approximate surface area is 220 Å². The number of amides is 1. The third-order valence-corrected chi connectivity index (χ3v) is 7.39. The van der Waals surface area contributed by atoms with Crippen molar-refractivity contribution in [2.24, 2.45) is 11.8 Å². The number of nitrogens with zero attached hydrogens (tertiary/aromatic N) is 1. The van der Waals surface area contributed by atoms with Gasteiger partial charge in [-0.05, 0) is 42.0 Å². The Kier molecular flexibility index (Phi) is 6.08. The second kappa shape index (κ2) is 9.12. The van der Waals surface area contributed by atoms with Gasteiger partial charge in [-0.25, -0.2) is 0 Å². The third-order valence-electron chi connectivity index (χ3n) is 6.65. The lowest BCUT2D eigenvalue weighted by molar-refractivity contribution is -0.147. The van der Waals surface area contributed by atoms with Gasteiger partial charge in [-0.2, -0.15) is 5.26 Å². The van der Waals surface area contributed by atoms with E-state index in [1.165, 1.54) is 54.6 Å². The maximum Gasteiger partial charge on any atom is 0.311 e. The highest BCUT2D eigenvalue weighted by molar-refractivity contribution is 6.42. The van der Waals surface area contributed by atoms with Crippen LogP contribution in [0.4, 0.5) is 5.69 Å². The molecule has 2 N–H and O–H groups in total. The number of carboxylic acid groups (broad SMARTS) is 1. The molecule has 3 atom stereocenters. The molecule has 3 unspecified atom stereocenters. The zero-order valence-electron chi connectivity index (χ0n) is 18.8. The molecule has 1 spiro atoms. The fourth-order valence-corrected chi connectivity index (χ4v) is 5.29. The Morgan fingerprint density at radius 1 is 0.946 bits per heavy atom. The zero-order valence-corrected chi connectivity index (χ0v) is 20.3. The van der Waals surface area contributed by atoms with Crippen LogP contribution in [0.3, 0.4) is 0 Å². The first-order chi connectivity index (χ1) is 17.7. The second-order valence-electron chi connectivity index (χ2n) is 8.67. The number of rotatable bonds is 4. The van der Waals surface area contributed by atoms with E-state index in [-0.39, 0.29) is 32.4 Å². The molecule has 5 rings (SSSR count). The highest BCUT2D eigenvalue weighted by atomic mass is 35.5. The van der Waals surface area contributed by atoms with Gasteiger partial charge in [-0.3, -0.25) is 19.2 Å². The molecule has 8 nitrogen and oxygen atoms in total. The summed E-state index contributed by atoms with van der Waals surface area (Å²) in [5.41, 5.74) is -1.47. The fourth-order valence-electron chi connectivity index (χ4n) is 4.98. The van der Waals surface area contributed by atoms with Gasteiger partial charge in [0.05, 0.1) is 33.7 Å². The molecular weight excluding hydrogens is 519 g/mol. The molecule has 2 aliphatic rings. The number of carbonyl (C=O) groups is 4. The minimum Gasteiger partial charge on any atom is -0.481 e. The molecule has 10 heteroatoms. The SMILES string of the molecule is N#Cc1ccc(NC(=O)C2C(c3ccc(Cl)c(Cl)c3)OC3(C(=O)c4ccccc4C3=O)C2C(=O)O)cc1. The van der Waals surface area contributed by atoms with Gasteiger partial charge in [0.2, 0.25) is 23.1 Å². The summed E-state index contributed by atoms with van der Waals surface area (Å²) in [7, 11) is 0. The van der Waals surface area contributed by atoms with Crippen molar-refractivity contribution in [2.45, 2.75) is 11.7 Å². The number of benzene rings is 3. The topological polar surface area (TPSA) is 134 Å². The van der Waals surface area contributed by atoms with Gasteiger partial charge in [-0.1, -0.05) is 53.5 Å². The van der Waals surface area contributed by atoms with E-state index in [0.29, 0.717) is 5.56 Å². The van der Waals surface area contributed by atoms with Crippen LogP contribution in [-0.2, 0) is 14.3 Å². The van der Waals surface area contributed by atoms with Gasteiger partial charge in [0.25, 0.3) is 0 Å². The van der Waals surface area contributed by atoms with E-state index in [2.05, 4.69) is 5.32 Å². The minimum atomic E-state index is -2.45. The summed E-state index contributed by atoms with van der Waals surface area (Å²) in [6.07, 6.45) is -1.32. The maximum absolute atomic E-state index is 13.6. The summed E-state index contributed by atoms with van der Waals surface area (Å²) >= 11 is 12.2. The van der Waals surface area contributed by atoms with E-state index < -0.39 is 47.0 Å². The Bertz CT molecular complexity index is 1490. The molecule has 3 aromatic carbocycles. The van der Waals surface area contributed by atoms with E-state index in [4.69, 9.17) is 33.2 Å². The number of nitriles is 1. The summed E-state index contributed by atoms with van der Waals surface area (Å²) in [6, 6.07) is 18.2. The van der Waals surface area contributed by atoms with Gasteiger partial charge in [0, 0.05) is 16.8 Å². The van der Waals surface area contributed by atoms with E-state index in [1.807, 2.05) is 6.07 Å². The molecule has 0 saturated carbocycles. The smallest absolute Gasteiger partial charge is 0.311 e. The van der Waals surface area contributed by atoms with Crippen molar-refractivity contribution in [1.82, 2.24) is 0 Å². The lowest BCUT2D eigenvalue weighted by Crippen LogP contribution is -2.52. The average molecular weight is 535 g/mol. The van der Waals surface area contributed by atoms with Gasteiger partial charge >= 0.3 is 5.97 Å². The quantitative estimate of drug-likeness (QED) is 0.463. The zero-order chi connectivity index (χ0) is 26.5. The molecule has 37 heavy (non-hydrogen) atoms.